The van der Waals surface area contributed by atoms with Crippen molar-refractivity contribution in [3.63, 3.8) is 0 Å². The molecule has 4 aliphatic rings. The molecule has 0 amide bonds. The van der Waals surface area contributed by atoms with E-state index in [9.17, 15) is 14.9 Å². The van der Waals surface area contributed by atoms with Crippen molar-refractivity contribution in [1.29, 1.82) is 5.26 Å². The lowest BCUT2D eigenvalue weighted by Gasteiger charge is -2.70. The topological polar surface area (TPSA) is 96.0 Å². The quantitative estimate of drug-likeness (QED) is 0.329. The summed E-state index contributed by atoms with van der Waals surface area (Å²) < 4.78 is 5.30. The third-order valence-corrected chi connectivity index (χ3v) is 14.0. The van der Waals surface area contributed by atoms with E-state index < -0.39 is 5.41 Å². The number of carbonyl (C=O) groups is 2. The fourth-order valence-corrected chi connectivity index (χ4v) is 10.5. The summed E-state index contributed by atoms with van der Waals surface area (Å²) >= 11 is 0. The number of hydrogen-bond acceptors (Lipinski definition) is 6. The maximum absolute atomic E-state index is 14.5. The van der Waals surface area contributed by atoms with Crippen LogP contribution in [0.1, 0.15) is 125 Å². The van der Waals surface area contributed by atoms with Gasteiger partial charge in [-0.1, -0.05) is 73.0 Å². The molecule has 4 aliphatic carbocycles. The van der Waals surface area contributed by atoms with E-state index in [1.54, 1.807) is 0 Å². The van der Waals surface area contributed by atoms with Crippen molar-refractivity contribution in [2.24, 2.45) is 50.2 Å². The van der Waals surface area contributed by atoms with Gasteiger partial charge < -0.3 is 9.84 Å². The minimum Gasteiger partial charge on any atom is -0.361 e. The number of nitrogens with zero attached hydrogens (tertiary/aromatic N) is 2. The molecular formula is C37H55N3O3. The van der Waals surface area contributed by atoms with Crippen LogP contribution in [0.15, 0.2) is 22.2 Å². The van der Waals surface area contributed by atoms with Crippen LogP contribution in [0.3, 0.4) is 0 Å². The summed E-state index contributed by atoms with van der Waals surface area (Å²) in [5, 5.41) is 17.9. The van der Waals surface area contributed by atoms with Gasteiger partial charge in [0.05, 0.1) is 11.3 Å². The average molecular weight is 590 g/mol. The first-order chi connectivity index (χ1) is 20.0. The molecule has 1 aromatic rings. The second kappa shape index (κ2) is 10.7. The van der Waals surface area contributed by atoms with Crippen molar-refractivity contribution in [3.8, 4) is 6.07 Å². The molecule has 0 bridgehead atoms. The van der Waals surface area contributed by atoms with Gasteiger partial charge in [-0.05, 0) is 90.8 Å². The first-order valence-corrected chi connectivity index (χ1v) is 16.8. The van der Waals surface area contributed by atoms with Gasteiger partial charge >= 0.3 is 0 Å². The van der Waals surface area contributed by atoms with Crippen LogP contribution in [-0.2, 0) is 16.1 Å². The smallest absolute Gasteiger partial charge is 0.178 e. The van der Waals surface area contributed by atoms with Crippen LogP contribution in [-0.4, -0.2) is 23.3 Å². The molecule has 43 heavy (non-hydrogen) atoms. The number of aromatic nitrogens is 1. The number of fused-ring (bicyclic) bond motifs is 5. The fraction of sp³-hybridized carbons (Fsp3) is 0.784. The lowest BCUT2D eigenvalue weighted by Crippen LogP contribution is -2.66. The van der Waals surface area contributed by atoms with Gasteiger partial charge in [0, 0.05) is 36.9 Å². The molecule has 1 N–H and O–H groups in total. The minimum absolute atomic E-state index is 0.0288. The monoisotopic (exact) mass is 589 g/mol. The van der Waals surface area contributed by atoms with Gasteiger partial charge in [-0.2, -0.15) is 5.26 Å². The van der Waals surface area contributed by atoms with Crippen LogP contribution >= 0.6 is 0 Å². The summed E-state index contributed by atoms with van der Waals surface area (Å²) in [6, 6.07) is 4.23. The molecule has 1 heterocycles. The molecule has 6 heteroatoms. The van der Waals surface area contributed by atoms with Crippen LogP contribution in [0.5, 0.6) is 0 Å². The summed E-state index contributed by atoms with van der Waals surface area (Å²) in [5.41, 5.74) is 0.452. The van der Waals surface area contributed by atoms with Crippen molar-refractivity contribution in [2.75, 3.05) is 6.54 Å². The molecule has 0 aliphatic heterocycles. The number of carbonyl (C=O) groups excluding carboxylic acids is 2. The van der Waals surface area contributed by atoms with Crippen LogP contribution in [0.25, 0.3) is 0 Å². The zero-order chi connectivity index (χ0) is 31.6. The van der Waals surface area contributed by atoms with E-state index in [0.717, 1.165) is 69.4 Å². The SMILES string of the molecule is CCC(C)(C)CC[C@]1(CNCc2cc(C)on2)CC[C@]2(C)C(C1)C(=O)C[C@@H]1[C@@]3(C)C=C(C#N)C(=O)C(C)(C)C3CC[C@]12C. The fourth-order valence-electron chi connectivity index (χ4n) is 10.5. The first-order valence-electron chi connectivity index (χ1n) is 16.8. The van der Waals surface area contributed by atoms with Gasteiger partial charge in [0.1, 0.15) is 17.6 Å². The van der Waals surface area contributed by atoms with Crippen molar-refractivity contribution in [1.82, 2.24) is 10.5 Å². The summed E-state index contributed by atoms with van der Waals surface area (Å²) in [7, 11) is 0. The van der Waals surface area contributed by atoms with Gasteiger partial charge in [0.25, 0.3) is 0 Å². The molecule has 0 aromatic carbocycles. The van der Waals surface area contributed by atoms with Gasteiger partial charge in [-0.3, -0.25) is 9.59 Å². The Morgan fingerprint density at radius 3 is 2.44 bits per heavy atom. The summed E-state index contributed by atoms with van der Waals surface area (Å²) in [6.45, 7) is 21.7. The maximum Gasteiger partial charge on any atom is 0.178 e. The maximum atomic E-state index is 14.5. The number of nitrogens with one attached hydrogen (secondary N) is 1. The van der Waals surface area contributed by atoms with E-state index in [2.05, 4.69) is 58.1 Å². The molecule has 3 saturated carbocycles. The number of nitriles is 1. The number of rotatable bonds is 8. The molecule has 2 unspecified atom stereocenters. The first kappa shape index (κ1) is 32.1. The largest absolute Gasteiger partial charge is 0.361 e. The highest BCUT2D eigenvalue weighted by Crippen LogP contribution is 2.73. The Kier molecular flexibility index (Phi) is 7.98. The Balaban J connectivity index is 1.46. The lowest BCUT2D eigenvalue weighted by molar-refractivity contribution is -0.202. The third-order valence-electron chi connectivity index (χ3n) is 14.0. The summed E-state index contributed by atoms with van der Waals surface area (Å²) in [6.07, 6.45) is 11.0. The molecule has 0 spiro atoms. The number of allylic oxidation sites excluding steroid dienone is 2. The van der Waals surface area contributed by atoms with Crippen LogP contribution in [0, 0.1) is 68.5 Å². The Labute approximate surface area is 259 Å². The van der Waals surface area contributed by atoms with E-state index >= 15 is 0 Å². The molecule has 3 fully saturated rings. The van der Waals surface area contributed by atoms with E-state index in [4.69, 9.17) is 4.52 Å². The molecule has 236 valence electrons. The number of Topliss-reactive ketones (excluding diaryl/α,β-unsaturated/α-hetero) is 2. The minimum atomic E-state index is -0.599. The molecular weight excluding hydrogens is 534 g/mol. The highest BCUT2D eigenvalue weighted by Gasteiger charge is 2.69. The highest BCUT2D eigenvalue weighted by atomic mass is 16.5. The number of aryl methyl sites for hydroxylation is 1. The summed E-state index contributed by atoms with van der Waals surface area (Å²) in [4.78, 5) is 27.8. The zero-order valence-electron chi connectivity index (χ0n) is 28.3. The van der Waals surface area contributed by atoms with Crippen molar-refractivity contribution in [2.45, 2.75) is 127 Å². The molecule has 7 atom stereocenters. The highest BCUT2D eigenvalue weighted by molar-refractivity contribution is 6.04. The standard InChI is InChI=1S/C37H55N3O3/c1-10-32(3,4)13-15-37(23-39-22-26-17-24(2)43-40-26)16-14-35(8)27(20-37)28(41)18-30-34(7)19-25(21-38)31(42)33(5,6)29(34)11-12-36(30,35)9/h17,19,27,29-30,39H,10-16,18,20,22-23H2,1-9H3/t27?,29?,30-,34+,35-,36-,37+/m1/s1. The Hall–Kier alpha value is -2.26. The lowest BCUT2D eigenvalue weighted by atomic mass is 9.33. The van der Waals surface area contributed by atoms with Gasteiger partial charge in [-0.25, -0.2) is 0 Å². The third kappa shape index (κ3) is 5.06. The summed E-state index contributed by atoms with van der Waals surface area (Å²) in [5.74, 6) is 1.49. The van der Waals surface area contributed by atoms with Crippen molar-refractivity contribution in [3.05, 3.63) is 29.2 Å². The molecule has 1 aromatic heterocycles. The van der Waals surface area contributed by atoms with Crippen LogP contribution < -0.4 is 5.32 Å². The van der Waals surface area contributed by atoms with Gasteiger partial charge in [0.2, 0.25) is 0 Å². The predicted molar refractivity (Wildman–Crippen MR) is 169 cm³/mol. The predicted octanol–water partition coefficient (Wildman–Crippen LogP) is 8.15. The molecule has 5 rings (SSSR count). The van der Waals surface area contributed by atoms with E-state index in [1.807, 2.05) is 32.9 Å². The van der Waals surface area contributed by atoms with E-state index in [-0.39, 0.29) is 50.6 Å². The van der Waals surface area contributed by atoms with E-state index in [0.29, 0.717) is 24.3 Å². The Bertz CT molecular complexity index is 1350. The Morgan fingerprint density at radius 2 is 1.81 bits per heavy atom. The van der Waals surface area contributed by atoms with Crippen LogP contribution in [0.4, 0.5) is 0 Å². The molecule has 0 saturated heterocycles. The number of hydrogen-bond donors (Lipinski definition) is 1. The van der Waals surface area contributed by atoms with Gasteiger partial charge in [-0.15, -0.1) is 0 Å². The average Bonchev–Trinajstić information content (AvgIpc) is 3.37. The Morgan fingerprint density at radius 1 is 1.09 bits per heavy atom. The van der Waals surface area contributed by atoms with Crippen molar-refractivity contribution < 1.29 is 14.1 Å². The normalized spacial score (nSPS) is 38.9. The number of ketones is 2. The molecule has 0 radical (unpaired) electrons. The van der Waals surface area contributed by atoms with Crippen LogP contribution in [0.2, 0.25) is 0 Å². The van der Waals surface area contributed by atoms with Gasteiger partial charge in [0.15, 0.2) is 5.78 Å². The second-order valence-corrected chi connectivity index (χ2v) is 17.0. The molecule has 6 nitrogen and oxygen atoms in total. The van der Waals surface area contributed by atoms with Crippen molar-refractivity contribution >= 4 is 11.6 Å². The second-order valence-electron chi connectivity index (χ2n) is 17.0. The van der Waals surface area contributed by atoms with E-state index in [1.165, 1.54) is 0 Å². The zero-order valence-corrected chi connectivity index (χ0v) is 28.3.